The van der Waals surface area contributed by atoms with Gasteiger partial charge in [-0.1, -0.05) is 22.0 Å². The molecular weight excluding hydrogens is 286 g/mol. The predicted molar refractivity (Wildman–Crippen MR) is 80.8 cm³/mol. The zero-order valence-electron chi connectivity index (χ0n) is 10.7. The molecule has 1 aliphatic rings. The van der Waals surface area contributed by atoms with Crippen LogP contribution >= 0.6 is 15.9 Å². The molecule has 92 valence electrons. The van der Waals surface area contributed by atoms with Gasteiger partial charge in [0.2, 0.25) is 0 Å². The molecule has 1 nitrogen and oxygen atoms in total. The van der Waals surface area contributed by atoms with E-state index < -0.39 is 0 Å². The molecule has 3 rings (SSSR count). The van der Waals surface area contributed by atoms with Gasteiger partial charge in [0.15, 0.2) is 0 Å². The minimum atomic E-state index is 1.08. The van der Waals surface area contributed by atoms with Crippen molar-refractivity contribution in [3.63, 3.8) is 0 Å². The molecule has 0 atom stereocenters. The lowest BCUT2D eigenvalue weighted by Gasteiger charge is -2.20. The van der Waals surface area contributed by atoms with Crippen LogP contribution in [0.3, 0.4) is 0 Å². The first kappa shape index (κ1) is 11.8. The molecule has 2 aromatic carbocycles. The molecule has 1 heterocycles. The van der Waals surface area contributed by atoms with E-state index in [4.69, 9.17) is 0 Å². The normalized spacial score (nSPS) is 13.8. The molecule has 0 unspecified atom stereocenters. The maximum atomic E-state index is 3.55. The summed E-state index contributed by atoms with van der Waals surface area (Å²) in [6.07, 6.45) is 1.13. The summed E-state index contributed by atoms with van der Waals surface area (Å²) in [6.45, 7) is 5.40. The molecule has 0 saturated carbocycles. The largest absolute Gasteiger partial charge is 0.341 e. The summed E-state index contributed by atoms with van der Waals surface area (Å²) in [4.78, 5) is 2.42. The van der Waals surface area contributed by atoms with Gasteiger partial charge in [-0.3, -0.25) is 0 Å². The number of nitrogens with zero attached hydrogens (tertiary/aromatic N) is 1. The molecule has 1 aliphatic heterocycles. The summed E-state index contributed by atoms with van der Waals surface area (Å²) < 4.78 is 1.17. The van der Waals surface area contributed by atoms with E-state index in [-0.39, 0.29) is 0 Å². The van der Waals surface area contributed by atoms with E-state index in [1.165, 1.54) is 32.5 Å². The van der Waals surface area contributed by atoms with Crippen molar-refractivity contribution in [3.05, 3.63) is 57.6 Å². The molecule has 0 N–H and O–H groups in total. The number of hydrogen-bond donors (Lipinski definition) is 0. The first-order valence-corrected chi connectivity index (χ1v) is 7.07. The molecule has 0 bridgehead atoms. The predicted octanol–water partition coefficient (Wildman–Crippen LogP) is 4.76. The molecule has 0 aliphatic carbocycles. The highest BCUT2D eigenvalue weighted by molar-refractivity contribution is 9.10. The van der Waals surface area contributed by atoms with Crippen LogP contribution in [-0.2, 0) is 6.42 Å². The van der Waals surface area contributed by atoms with Crippen molar-refractivity contribution in [3.8, 4) is 0 Å². The molecule has 0 spiro atoms. The highest BCUT2D eigenvalue weighted by Gasteiger charge is 2.20. The van der Waals surface area contributed by atoms with Crippen LogP contribution < -0.4 is 4.90 Å². The summed E-state index contributed by atoms with van der Waals surface area (Å²) in [5.41, 5.74) is 6.76. The monoisotopic (exact) mass is 301 g/mol. The number of anilines is 2. The number of rotatable bonds is 1. The first-order valence-electron chi connectivity index (χ1n) is 6.28. The third kappa shape index (κ3) is 2.05. The Hall–Kier alpha value is -1.28. The third-order valence-corrected chi connectivity index (χ3v) is 3.95. The zero-order valence-corrected chi connectivity index (χ0v) is 12.3. The van der Waals surface area contributed by atoms with Crippen molar-refractivity contribution in [2.24, 2.45) is 0 Å². The fourth-order valence-corrected chi connectivity index (χ4v) is 3.15. The van der Waals surface area contributed by atoms with Crippen molar-refractivity contribution in [1.29, 1.82) is 0 Å². The van der Waals surface area contributed by atoms with Crippen molar-refractivity contribution in [2.75, 3.05) is 11.4 Å². The molecular formula is C16H16BrN. The average Bonchev–Trinajstić information content (AvgIpc) is 2.70. The minimum absolute atomic E-state index is 1.08. The Kier molecular flexibility index (Phi) is 2.90. The van der Waals surface area contributed by atoms with Crippen LogP contribution in [0.4, 0.5) is 11.4 Å². The van der Waals surface area contributed by atoms with E-state index in [1.54, 1.807) is 0 Å². The molecule has 0 radical (unpaired) electrons. The van der Waals surface area contributed by atoms with Crippen molar-refractivity contribution >= 4 is 27.3 Å². The molecule has 0 fully saturated rings. The van der Waals surface area contributed by atoms with Crippen LogP contribution in [-0.4, -0.2) is 6.54 Å². The number of halogens is 1. The summed E-state index contributed by atoms with van der Waals surface area (Å²) >= 11 is 3.55. The SMILES string of the molecule is Cc1cc(C)cc(N2CCc3cc(Br)ccc32)c1. The molecule has 18 heavy (non-hydrogen) atoms. The second-order valence-electron chi connectivity index (χ2n) is 5.02. The van der Waals surface area contributed by atoms with Gasteiger partial charge in [-0.05, 0) is 67.3 Å². The van der Waals surface area contributed by atoms with Gasteiger partial charge in [0.05, 0.1) is 0 Å². The molecule has 0 aromatic heterocycles. The highest BCUT2D eigenvalue weighted by Crippen LogP contribution is 2.36. The van der Waals surface area contributed by atoms with E-state index in [0.717, 1.165) is 13.0 Å². The number of hydrogen-bond acceptors (Lipinski definition) is 1. The fraction of sp³-hybridized carbons (Fsp3) is 0.250. The summed E-state index contributed by atoms with van der Waals surface area (Å²) in [5, 5.41) is 0. The van der Waals surface area contributed by atoms with E-state index in [2.05, 4.69) is 71.1 Å². The van der Waals surface area contributed by atoms with Crippen LogP contribution in [0.25, 0.3) is 0 Å². The Bertz CT molecular complexity index is 584. The summed E-state index contributed by atoms with van der Waals surface area (Å²) in [7, 11) is 0. The molecule has 2 aromatic rings. The maximum Gasteiger partial charge on any atom is 0.0444 e. The van der Waals surface area contributed by atoms with Gasteiger partial charge in [-0.2, -0.15) is 0 Å². The molecule has 2 heteroatoms. The third-order valence-electron chi connectivity index (χ3n) is 3.46. The van der Waals surface area contributed by atoms with Gasteiger partial charge in [0.25, 0.3) is 0 Å². The minimum Gasteiger partial charge on any atom is -0.341 e. The molecule has 0 saturated heterocycles. The Morgan fingerprint density at radius 2 is 1.72 bits per heavy atom. The van der Waals surface area contributed by atoms with Gasteiger partial charge in [-0.15, -0.1) is 0 Å². The lowest BCUT2D eigenvalue weighted by Crippen LogP contribution is -2.13. The number of aryl methyl sites for hydroxylation is 2. The number of benzene rings is 2. The van der Waals surface area contributed by atoms with Gasteiger partial charge < -0.3 is 4.90 Å². The Morgan fingerprint density at radius 3 is 2.44 bits per heavy atom. The second kappa shape index (κ2) is 4.43. The van der Waals surface area contributed by atoms with Crippen LogP contribution in [0.1, 0.15) is 16.7 Å². The summed E-state index contributed by atoms with van der Waals surface area (Å²) in [5.74, 6) is 0. The lowest BCUT2D eigenvalue weighted by atomic mass is 10.1. The van der Waals surface area contributed by atoms with Gasteiger partial charge in [0.1, 0.15) is 0 Å². The van der Waals surface area contributed by atoms with Gasteiger partial charge in [0, 0.05) is 22.4 Å². The lowest BCUT2D eigenvalue weighted by molar-refractivity contribution is 0.996. The van der Waals surface area contributed by atoms with E-state index >= 15 is 0 Å². The van der Waals surface area contributed by atoms with Crippen LogP contribution in [0.2, 0.25) is 0 Å². The van der Waals surface area contributed by atoms with Crippen molar-refractivity contribution < 1.29 is 0 Å². The van der Waals surface area contributed by atoms with Crippen LogP contribution in [0, 0.1) is 13.8 Å². The van der Waals surface area contributed by atoms with Crippen LogP contribution in [0.15, 0.2) is 40.9 Å². The Labute approximate surface area is 117 Å². The van der Waals surface area contributed by atoms with Crippen LogP contribution in [0.5, 0.6) is 0 Å². The van der Waals surface area contributed by atoms with E-state index in [1.807, 2.05) is 0 Å². The van der Waals surface area contributed by atoms with Crippen molar-refractivity contribution in [1.82, 2.24) is 0 Å². The standard InChI is InChI=1S/C16H16BrN/c1-11-7-12(2)9-15(8-11)18-6-5-13-10-14(17)3-4-16(13)18/h3-4,7-10H,5-6H2,1-2H3. The fourth-order valence-electron chi connectivity index (χ4n) is 2.75. The highest BCUT2D eigenvalue weighted by atomic mass is 79.9. The van der Waals surface area contributed by atoms with Gasteiger partial charge in [-0.25, -0.2) is 0 Å². The molecule has 0 amide bonds. The van der Waals surface area contributed by atoms with E-state index in [0.29, 0.717) is 0 Å². The maximum absolute atomic E-state index is 3.55. The van der Waals surface area contributed by atoms with E-state index in [9.17, 15) is 0 Å². The quantitative estimate of drug-likeness (QED) is 0.734. The van der Waals surface area contributed by atoms with Crippen molar-refractivity contribution in [2.45, 2.75) is 20.3 Å². The average molecular weight is 302 g/mol. The Balaban J connectivity index is 2.06. The van der Waals surface area contributed by atoms with Gasteiger partial charge >= 0.3 is 0 Å². The topological polar surface area (TPSA) is 3.24 Å². The first-order chi connectivity index (χ1) is 8.63. The zero-order chi connectivity index (χ0) is 12.7. The number of fused-ring (bicyclic) bond motifs is 1. The Morgan fingerprint density at radius 1 is 1.00 bits per heavy atom. The summed E-state index contributed by atoms with van der Waals surface area (Å²) in [6, 6.07) is 13.3. The second-order valence-corrected chi connectivity index (χ2v) is 5.94. The smallest absolute Gasteiger partial charge is 0.0444 e.